The second-order valence-corrected chi connectivity index (χ2v) is 3.67. The van der Waals surface area contributed by atoms with E-state index in [-0.39, 0.29) is 5.78 Å². The maximum atomic E-state index is 11.5. The Balaban J connectivity index is 2.21. The van der Waals surface area contributed by atoms with Crippen molar-refractivity contribution in [3.05, 3.63) is 29.6 Å². The van der Waals surface area contributed by atoms with E-state index < -0.39 is 0 Å². The van der Waals surface area contributed by atoms with E-state index in [0.717, 1.165) is 12.1 Å². The molecule has 2 atom stereocenters. The summed E-state index contributed by atoms with van der Waals surface area (Å²) >= 11 is 0. The van der Waals surface area contributed by atoms with Crippen LogP contribution in [-0.4, -0.2) is 10.8 Å². The monoisotopic (exact) mass is 159 g/mol. The van der Waals surface area contributed by atoms with E-state index in [0.29, 0.717) is 11.8 Å². The van der Waals surface area contributed by atoms with E-state index in [4.69, 9.17) is 0 Å². The van der Waals surface area contributed by atoms with E-state index in [1.807, 2.05) is 12.1 Å². The van der Waals surface area contributed by atoms with Gasteiger partial charge in [0.2, 0.25) is 0 Å². The second-order valence-electron chi connectivity index (χ2n) is 3.67. The van der Waals surface area contributed by atoms with Crippen LogP contribution in [0.15, 0.2) is 18.3 Å². The Morgan fingerprint density at radius 3 is 3.33 bits per heavy atom. The van der Waals surface area contributed by atoms with Crippen molar-refractivity contribution in [1.82, 2.24) is 4.98 Å². The molecule has 1 aromatic rings. The summed E-state index contributed by atoms with van der Waals surface area (Å²) in [5.41, 5.74) is 1.93. The molecule has 1 heterocycles. The average molecular weight is 159 g/mol. The van der Waals surface area contributed by atoms with Gasteiger partial charge in [-0.1, -0.05) is 6.07 Å². The summed E-state index contributed by atoms with van der Waals surface area (Å²) in [5.74, 6) is 1.55. The van der Waals surface area contributed by atoms with Gasteiger partial charge in [0.15, 0.2) is 5.78 Å². The van der Waals surface area contributed by atoms with Crippen molar-refractivity contribution in [1.29, 1.82) is 0 Å². The number of carbonyl (C=O) groups is 1. The Morgan fingerprint density at radius 2 is 2.42 bits per heavy atom. The van der Waals surface area contributed by atoms with Crippen molar-refractivity contribution < 1.29 is 4.79 Å². The first kappa shape index (κ1) is 6.35. The largest absolute Gasteiger partial charge is 0.292 e. The number of aromatic nitrogens is 1. The van der Waals surface area contributed by atoms with Crippen LogP contribution < -0.4 is 0 Å². The normalized spacial score (nSPS) is 30.8. The zero-order chi connectivity index (χ0) is 8.13. The molecule has 12 heavy (non-hydrogen) atoms. The molecule has 0 spiro atoms. The molecule has 0 N–H and O–H groups in total. The third-order valence-electron chi connectivity index (χ3n) is 2.87. The van der Waals surface area contributed by atoms with Gasteiger partial charge in [-0.15, -0.1) is 0 Å². The number of Topliss-reactive ketones (excluding diaryl/α,β-unsaturated/α-hetero) is 1. The molecule has 2 nitrogen and oxygen atoms in total. The lowest BCUT2D eigenvalue weighted by Gasteiger charge is -2.11. The molecule has 1 fully saturated rings. The van der Waals surface area contributed by atoms with Gasteiger partial charge in [0.05, 0.1) is 0 Å². The van der Waals surface area contributed by atoms with Crippen molar-refractivity contribution in [3.8, 4) is 0 Å². The van der Waals surface area contributed by atoms with E-state index in [1.54, 1.807) is 6.20 Å². The summed E-state index contributed by atoms with van der Waals surface area (Å²) in [7, 11) is 0. The predicted octanol–water partition coefficient (Wildman–Crippen LogP) is 1.77. The number of pyridine rings is 1. The van der Waals surface area contributed by atoms with Crippen molar-refractivity contribution >= 4 is 5.78 Å². The van der Waals surface area contributed by atoms with Crippen LogP contribution >= 0.6 is 0 Å². The Labute approximate surface area is 70.6 Å². The topological polar surface area (TPSA) is 30.0 Å². The lowest BCUT2D eigenvalue weighted by molar-refractivity contribution is 0.0963. The van der Waals surface area contributed by atoms with Gasteiger partial charge in [0, 0.05) is 12.6 Å². The SMILES string of the molecule is O=C1CC2CC2c2cccnc21. The maximum absolute atomic E-state index is 11.5. The summed E-state index contributed by atoms with van der Waals surface area (Å²) in [6.07, 6.45) is 3.64. The van der Waals surface area contributed by atoms with E-state index >= 15 is 0 Å². The minimum Gasteiger partial charge on any atom is -0.292 e. The minimum atomic E-state index is 0.240. The van der Waals surface area contributed by atoms with Gasteiger partial charge in [0.25, 0.3) is 0 Å². The number of fused-ring (bicyclic) bond motifs is 3. The molecule has 1 aromatic heterocycles. The summed E-state index contributed by atoms with van der Waals surface area (Å²) in [6, 6.07) is 3.97. The molecule has 2 aliphatic rings. The third-order valence-corrected chi connectivity index (χ3v) is 2.87. The Hall–Kier alpha value is -1.18. The van der Waals surface area contributed by atoms with Gasteiger partial charge in [-0.25, -0.2) is 0 Å². The molecule has 1 saturated carbocycles. The smallest absolute Gasteiger partial charge is 0.181 e. The number of carbonyl (C=O) groups excluding carboxylic acids is 1. The number of hydrogen-bond acceptors (Lipinski definition) is 2. The number of ketones is 1. The predicted molar refractivity (Wildman–Crippen MR) is 44.0 cm³/mol. The zero-order valence-corrected chi connectivity index (χ0v) is 6.66. The number of rotatable bonds is 0. The summed E-state index contributed by atoms with van der Waals surface area (Å²) in [5, 5.41) is 0. The lowest BCUT2D eigenvalue weighted by atomic mass is 9.95. The van der Waals surface area contributed by atoms with E-state index in [2.05, 4.69) is 4.98 Å². The van der Waals surface area contributed by atoms with Crippen LogP contribution in [0, 0.1) is 5.92 Å². The van der Waals surface area contributed by atoms with E-state index in [9.17, 15) is 4.79 Å². The molecular formula is C10H9NO. The third kappa shape index (κ3) is 0.697. The Kier molecular flexibility index (Phi) is 1.03. The van der Waals surface area contributed by atoms with Crippen LogP contribution in [0.5, 0.6) is 0 Å². The first-order valence-electron chi connectivity index (χ1n) is 4.34. The van der Waals surface area contributed by atoms with E-state index in [1.165, 1.54) is 12.0 Å². The standard InChI is InChI=1S/C10H9NO/c12-9-5-6-4-8(6)7-2-1-3-11-10(7)9/h1-3,6,8H,4-5H2. The van der Waals surface area contributed by atoms with Crippen molar-refractivity contribution in [2.75, 3.05) is 0 Å². The Bertz CT molecular complexity index is 359. The zero-order valence-electron chi connectivity index (χ0n) is 6.66. The molecule has 60 valence electrons. The highest BCUT2D eigenvalue weighted by atomic mass is 16.1. The van der Waals surface area contributed by atoms with Crippen LogP contribution in [0.3, 0.4) is 0 Å². The fourth-order valence-electron chi connectivity index (χ4n) is 2.14. The first-order chi connectivity index (χ1) is 5.86. The van der Waals surface area contributed by atoms with Gasteiger partial charge in [-0.2, -0.15) is 0 Å². The molecule has 0 bridgehead atoms. The molecule has 0 amide bonds. The van der Waals surface area contributed by atoms with Crippen LogP contribution in [0.2, 0.25) is 0 Å². The molecule has 3 rings (SSSR count). The highest BCUT2D eigenvalue weighted by molar-refractivity contribution is 5.97. The summed E-state index contributed by atoms with van der Waals surface area (Å²) in [6.45, 7) is 0. The molecule has 0 radical (unpaired) electrons. The molecule has 2 aliphatic carbocycles. The van der Waals surface area contributed by atoms with Crippen LogP contribution in [-0.2, 0) is 0 Å². The quantitative estimate of drug-likeness (QED) is 0.577. The highest BCUT2D eigenvalue weighted by Gasteiger charge is 2.45. The average Bonchev–Trinajstić information content (AvgIpc) is 2.84. The second kappa shape index (κ2) is 1.94. The van der Waals surface area contributed by atoms with Gasteiger partial charge in [-0.3, -0.25) is 9.78 Å². The molecular weight excluding hydrogens is 150 g/mol. The number of hydrogen-bond donors (Lipinski definition) is 0. The molecule has 0 aliphatic heterocycles. The maximum Gasteiger partial charge on any atom is 0.181 e. The highest BCUT2D eigenvalue weighted by Crippen LogP contribution is 2.53. The lowest BCUT2D eigenvalue weighted by Crippen LogP contribution is -2.11. The molecule has 2 unspecified atom stereocenters. The Morgan fingerprint density at radius 1 is 1.50 bits per heavy atom. The fraction of sp³-hybridized carbons (Fsp3) is 0.400. The summed E-state index contributed by atoms with van der Waals surface area (Å²) < 4.78 is 0. The fourth-order valence-corrected chi connectivity index (χ4v) is 2.14. The molecule has 0 aromatic carbocycles. The van der Waals surface area contributed by atoms with Crippen LogP contribution in [0.25, 0.3) is 0 Å². The first-order valence-corrected chi connectivity index (χ1v) is 4.34. The molecule has 2 heteroatoms. The minimum absolute atomic E-state index is 0.240. The van der Waals surface area contributed by atoms with Crippen molar-refractivity contribution in [2.24, 2.45) is 5.92 Å². The van der Waals surface area contributed by atoms with Gasteiger partial charge < -0.3 is 0 Å². The van der Waals surface area contributed by atoms with Crippen LogP contribution in [0.1, 0.15) is 34.8 Å². The van der Waals surface area contributed by atoms with Crippen molar-refractivity contribution in [3.63, 3.8) is 0 Å². The van der Waals surface area contributed by atoms with Crippen LogP contribution in [0.4, 0.5) is 0 Å². The van der Waals surface area contributed by atoms with Gasteiger partial charge in [0.1, 0.15) is 5.69 Å². The summed E-state index contributed by atoms with van der Waals surface area (Å²) in [4.78, 5) is 15.6. The van der Waals surface area contributed by atoms with Gasteiger partial charge >= 0.3 is 0 Å². The molecule has 0 saturated heterocycles. The van der Waals surface area contributed by atoms with Crippen molar-refractivity contribution in [2.45, 2.75) is 18.8 Å². The van der Waals surface area contributed by atoms with Gasteiger partial charge in [-0.05, 0) is 29.9 Å². The number of nitrogens with zero attached hydrogens (tertiary/aromatic N) is 1.